The Hall–Kier alpha value is -3.95. The molecule has 3 N–H and O–H groups in total. The Morgan fingerprint density at radius 3 is 2.88 bits per heavy atom. The maximum absolute atomic E-state index is 12.8. The normalized spacial score (nSPS) is 16.2. The Morgan fingerprint density at radius 2 is 2.09 bits per heavy atom. The van der Waals surface area contributed by atoms with Gasteiger partial charge >= 0.3 is 0 Å². The second kappa shape index (κ2) is 7.63. The second-order valence-electron chi connectivity index (χ2n) is 7.97. The molecule has 0 spiro atoms. The summed E-state index contributed by atoms with van der Waals surface area (Å²) in [5.74, 6) is 0.764. The number of aryl methyl sites for hydroxylation is 1. The van der Waals surface area contributed by atoms with Gasteiger partial charge in [0, 0.05) is 36.3 Å². The fraction of sp³-hybridized carbons (Fsp3) is 0.318. The molecule has 1 aliphatic heterocycles. The number of fused-ring (bicyclic) bond motifs is 3. The van der Waals surface area contributed by atoms with Crippen LogP contribution in [0.4, 0.5) is 22.9 Å². The van der Waals surface area contributed by atoms with Gasteiger partial charge in [0.25, 0.3) is 5.91 Å². The molecule has 10 nitrogen and oxygen atoms in total. The highest BCUT2D eigenvalue weighted by molar-refractivity contribution is 6.02. The van der Waals surface area contributed by atoms with Gasteiger partial charge in [-0.25, -0.2) is 14.6 Å². The van der Waals surface area contributed by atoms with Crippen molar-refractivity contribution in [2.24, 2.45) is 5.92 Å². The minimum absolute atomic E-state index is 0.0260. The summed E-state index contributed by atoms with van der Waals surface area (Å²) in [6.07, 6.45) is 2.93. The SMILES string of the molecule is [2H]C([2H])([2H])NC(=O)c1cnc(NC(=O)C2CC2)cc1Nc1cccc2c1N(C)Cc1nc(C)nn1-2. The average Bonchev–Trinajstić information content (AvgIpc) is 3.55. The molecule has 0 saturated heterocycles. The molecule has 32 heavy (non-hydrogen) atoms. The van der Waals surface area contributed by atoms with E-state index >= 15 is 0 Å². The topological polar surface area (TPSA) is 117 Å². The van der Waals surface area contributed by atoms with E-state index in [4.69, 9.17) is 4.11 Å². The molecule has 1 aliphatic carbocycles. The third kappa shape index (κ3) is 3.53. The lowest BCUT2D eigenvalue weighted by Gasteiger charge is -2.30. The van der Waals surface area contributed by atoms with Crippen molar-refractivity contribution in [3.05, 3.63) is 47.7 Å². The lowest BCUT2D eigenvalue weighted by Crippen LogP contribution is -2.27. The molecule has 3 heterocycles. The van der Waals surface area contributed by atoms with Crippen molar-refractivity contribution in [3.63, 3.8) is 0 Å². The molecule has 1 fully saturated rings. The summed E-state index contributed by atoms with van der Waals surface area (Å²) < 4.78 is 24.0. The van der Waals surface area contributed by atoms with Gasteiger partial charge in [0.15, 0.2) is 5.82 Å². The number of hydrogen-bond acceptors (Lipinski definition) is 7. The zero-order chi connectivity index (χ0) is 24.9. The van der Waals surface area contributed by atoms with Gasteiger partial charge in [-0.1, -0.05) is 6.07 Å². The van der Waals surface area contributed by atoms with E-state index < -0.39 is 12.9 Å². The van der Waals surface area contributed by atoms with E-state index in [9.17, 15) is 9.59 Å². The summed E-state index contributed by atoms with van der Waals surface area (Å²) in [7, 11) is 1.92. The van der Waals surface area contributed by atoms with Crippen molar-refractivity contribution in [2.75, 3.05) is 29.6 Å². The second-order valence-corrected chi connectivity index (χ2v) is 7.97. The Labute approximate surface area is 189 Å². The van der Waals surface area contributed by atoms with Crippen molar-refractivity contribution in [3.8, 4) is 5.69 Å². The van der Waals surface area contributed by atoms with Gasteiger partial charge in [0.1, 0.15) is 11.6 Å². The first-order valence-corrected chi connectivity index (χ1v) is 10.3. The number of benzene rings is 1. The zero-order valence-corrected chi connectivity index (χ0v) is 17.6. The first kappa shape index (κ1) is 16.7. The van der Waals surface area contributed by atoms with Crippen LogP contribution >= 0.6 is 0 Å². The number of carbonyl (C=O) groups excluding carboxylic acids is 2. The number of carbonyl (C=O) groups is 2. The number of rotatable bonds is 5. The van der Waals surface area contributed by atoms with Crippen LogP contribution in [0.1, 0.15) is 39.0 Å². The first-order valence-electron chi connectivity index (χ1n) is 11.8. The summed E-state index contributed by atoms with van der Waals surface area (Å²) >= 11 is 0. The van der Waals surface area contributed by atoms with Gasteiger partial charge in [-0.2, -0.15) is 5.10 Å². The van der Waals surface area contributed by atoms with E-state index in [1.165, 1.54) is 12.3 Å². The van der Waals surface area contributed by atoms with E-state index in [-0.39, 0.29) is 23.2 Å². The predicted octanol–water partition coefficient (Wildman–Crippen LogP) is 2.37. The fourth-order valence-corrected chi connectivity index (χ4v) is 3.84. The van der Waals surface area contributed by atoms with Crippen LogP contribution in [0.3, 0.4) is 0 Å². The van der Waals surface area contributed by atoms with Crippen LogP contribution in [0.15, 0.2) is 30.5 Å². The number of aromatic nitrogens is 4. The minimum atomic E-state index is -2.67. The molecule has 0 radical (unpaired) electrons. The monoisotopic (exact) mass is 435 g/mol. The maximum atomic E-state index is 12.8. The minimum Gasteiger partial charge on any atom is -0.364 e. The van der Waals surface area contributed by atoms with Crippen LogP contribution in [0, 0.1) is 12.8 Å². The van der Waals surface area contributed by atoms with Gasteiger partial charge < -0.3 is 20.9 Å². The Bertz CT molecular complexity index is 1330. The Morgan fingerprint density at radius 1 is 1.25 bits per heavy atom. The van der Waals surface area contributed by atoms with Crippen molar-refractivity contribution in [2.45, 2.75) is 26.3 Å². The number of amides is 2. The molecule has 2 aliphatic rings. The average molecular weight is 436 g/mol. The number of para-hydroxylation sites is 1. The summed E-state index contributed by atoms with van der Waals surface area (Å²) in [5.41, 5.74) is 2.63. The summed E-state index contributed by atoms with van der Waals surface area (Å²) in [5, 5.41) is 12.5. The number of hydrogen-bond donors (Lipinski definition) is 3. The van der Waals surface area contributed by atoms with Crippen LogP contribution in [0.2, 0.25) is 0 Å². The lowest BCUT2D eigenvalue weighted by atomic mass is 10.1. The number of pyridine rings is 1. The van der Waals surface area contributed by atoms with Crippen LogP contribution in [0.5, 0.6) is 0 Å². The molecule has 1 saturated carbocycles. The predicted molar refractivity (Wildman–Crippen MR) is 120 cm³/mol. The molecule has 2 aromatic heterocycles. The van der Waals surface area contributed by atoms with Crippen molar-refractivity contribution in [1.82, 2.24) is 25.1 Å². The third-order valence-electron chi connectivity index (χ3n) is 5.51. The van der Waals surface area contributed by atoms with Crippen LogP contribution in [-0.2, 0) is 11.3 Å². The van der Waals surface area contributed by atoms with E-state index in [2.05, 4.69) is 25.7 Å². The molecule has 5 rings (SSSR count). The van der Waals surface area contributed by atoms with Gasteiger partial charge in [-0.3, -0.25) is 9.59 Å². The van der Waals surface area contributed by atoms with E-state index in [1.54, 1.807) is 4.68 Å². The number of anilines is 4. The van der Waals surface area contributed by atoms with Gasteiger partial charge in [-0.15, -0.1) is 0 Å². The highest BCUT2D eigenvalue weighted by Gasteiger charge is 2.30. The quantitative estimate of drug-likeness (QED) is 0.563. The molecule has 1 aromatic carbocycles. The largest absolute Gasteiger partial charge is 0.364 e. The number of nitrogens with zero attached hydrogens (tertiary/aromatic N) is 5. The molecule has 0 bridgehead atoms. The Kier molecular flexibility index (Phi) is 3.98. The molecular formula is C22H24N8O2. The Balaban J connectivity index is 1.54. The van der Waals surface area contributed by atoms with Crippen LogP contribution in [-0.4, -0.2) is 45.6 Å². The molecule has 10 heteroatoms. The number of nitrogens with one attached hydrogen (secondary N) is 3. The van der Waals surface area contributed by atoms with Crippen LogP contribution in [0.25, 0.3) is 5.69 Å². The zero-order valence-electron chi connectivity index (χ0n) is 20.6. The molecule has 2 amide bonds. The molecule has 164 valence electrons. The highest BCUT2D eigenvalue weighted by atomic mass is 16.2. The van der Waals surface area contributed by atoms with Gasteiger partial charge in [0.05, 0.1) is 34.9 Å². The maximum Gasteiger partial charge on any atom is 0.254 e. The van der Waals surface area contributed by atoms with Crippen molar-refractivity contribution < 1.29 is 13.7 Å². The smallest absolute Gasteiger partial charge is 0.254 e. The third-order valence-corrected chi connectivity index (χ3v) is 5.51. The van der Waals surface area contributed by atoms with E-state index in [1.807, 2.05) is 42.4 Å². The van der Waals surface area contributed by atoms with Crippen molar-refractivity contribution >= 4 is 34.7 Å². The van der Waals surface area contributed by atoms with Gasteiger partial charge in [-0.05, 0) is 31.9 Å². The first-order chi connectivity index (χ1) is 16.6. The summed E-state index contributed by atoms with van der Waals surface area (Å²) in [4.78, 5) is 35.7. The molecule has 3 aromatic rings. The molecular weight excluding hydrogens is 408 g/mol. The standard InChI is InChI=1S/C22H24N8O2/c1-12-25-19-11-29(3)20-15(5-4-6-17(20)30(19)28-12)26-16-9-18(27-21(31)13-7-8-13)24-10-14(16)22(32)23-2/h4-6,9-10,13H,7-8,11H2,1-3H3,(H,23,32)(H2,24,26,27,31)/i2D3. The van der Waals surface area contributed by atoms with Crippen LogP contribution < -0.4 is 20.9 Å². The van der Waals surface area contributed by atoms with E-state index in [0.29, 0.717) is 23.7 Å². The molecule has 0 atom stereocenters. The van der Waals surface area contributed by atoms with Crippen molar-refractivity contribution in [1.29, 1.82) is 0 Å². The highest BCUT2D eigenvalue weighted by Crippen LogP contribution is 2.39. The summed E-state index contributed by atoms with van der Waals surface area (Å²) in [6, 6.07) is 7.14. The van der Waals surface area contributed by atoms with Gasteiger partial charge in [0.2, 0.25) is 5.91 Å². The summed E-state index contributed by atoms with van der Waals surface area (Å²) in [6.45, 7) is -0.310. The molecule has 0 unspecified atom stereocenters. The fourth-order valence-electron chi connectivity index (χ4n) is 3.84. The van der Waals surface area contributed by atoms with E-state index in [0.717, 1.165) is 30.0 Å². The lowest BCUT2D eigenvalue weighted by molar-refractivity contribution is -0.117.